The Bertz CT molecular complexity index is 547. The normalized spacial score (nSPS) is 10.4. The summed E-state index contributed by atoms with van der Waals surface area (Å²) >= 11 is 1.33. The lowest BCUT2D eigenvalue weighted by Crippen LogP contribution is -2.21. The van der Waals surface area contributed by atoms with Crippen molar-refractivity contribution in [3.05, 3.63) is 39.3 Å². The summed E-state index contributed by atoms with van der Waals surface area (Å²) in [5.41, 5.74) is 3.27. The zero-order chi connectivity index (χ0) is 11.5. The number of nitrogens with two attached hydrogens (primary N) is 1. The van der Waals surface area contributed by atoms with Gasteiger partial charge in [0.15, 0.2) is 0 Å². The van der Waals surface area contributed by atoms with E-state index in [0.29, 0.717) is 11.7 Å². The smallest absolute Gasteiger partial charge is 0.251 e. The molecular formula is C9H11N5OS. The van der Waals surface area contributed by atoms with Gasteiger partial charge in [-0.1, -0.05) is 17.4 Å². The number of aromatic nitrogens is 3. The van der Waals surface area contributed by atoms with Gasteiger partial charge in [0.1, 0.15) is 5.01 Å². The molecule has 0 amide bonds. The number of rotatable bonds is 3. The number of hydrogen-bond donors (Lipinski definition) is 2. The standard InChI is InChI=1S/C9H11N5OS/c1-6-3-2-4-8(15)14(6)5-7-12-13-9(11-10)16-7/h2-4H,5,10H2,1H3,(H,11,13). The first-order valence-electron chi connectivity index (χ1n) is 4.66. The Labute approximate surface area is 95.7 Å². The second-order valence-corrected chi connectivity index (χ2v) is 4.30. The van der Waals surface area contributed by atoms with Gasteiger partial charge in [-0.2, -0.15) is 0 Å². The van der Waals surface area contributed by atoms with Crippen molar-refractivity contribution in [2.45, 2.75) is 13.5 Å². The summed E-state index contributed by atoms with van der Waals surface area (Å²) < 4.78 is 1.64. The molecule has 2 heterocycles. The summed E-state index contributed by atoms with van der Waals surface area (Å²) in [7, 11) is 0. The molecule has 16 heavy (non-hydrogen) atoms. The molecule has 2 aromatic heterocycles. The third-order valence-electron chi connectivity index (χ3n) is 2.15. The van der Waals surface area contributed by atoms with Crippen LogP contribution in [0.2, 0.25) is 0 Å². The number of pyridine rings is 1. The van der Waals surface area contributed by atoms with E-state index in [-0.39, 0.29) is 5.56 Å². The molecule has 0 bridgehead atoms. The molecule has 2 aromatic rings. The minimum absolute atomic E-state index is 0.0440. The molecule has 0 fully saturated rings. The van der Waals surface area contributed by atoms with Crippen molar-refractivity contribution in [2.24, 2.45) is 5.84 Å². The van der Waals surface area contributed by atoms with Crippen molar-refractivity contribution in [3.63, 3.8) is 0 Å². The highest BCUT2D eigenvalue weighted by molar-refractivity contribution is 7.15. The fraction of sp³-hybridized carbons (Fsp3) is 0.222. The van der Waals surface area contributed by atoms with Crippen LogP contribution in [0.5, 0.6) is 0 Å². The average Bonchev–Trinajstić information content (AvgIpc) is 2.71. The summed E-state index contributed by atoms with van der Waals surface area (Å²) in [6.07, 6.45) is 0. The zero-order valence-electron chi connectivity index (χ0n) is 8.67. The average molecular weight is 237 g/mol. The quantitative estimate of drug-likeness (QED) is 0.594. The first kappa shape index (κ1) is 10.8. The largest absolute Gasteiger partial charge is 0.306 e. The van der Waals surface area contributed by atoms with Crippen molar-refractivity contribution in [1.82, 2.24) is 14.8 Å². The van der Waals surface area contributed by atoms with Crippen LogP contribution in [-0.2, 0) is 6.54 Å². The molecule has 0 aromatic carbocycles. The minimum Gasteiger partial charge on any atom is -0.306 e. The third kappa shape index (κ3) is 2.10. The Hall–Kier alpha value is -1.73. The van der Waals surface area contributed by atoms with E-state index in [2.05, 4.69) is 15.6 Å². The lowest BCUT2D eigenvalue weighted by atomic mass is 10.3. The second-order valence-electron chi connectivity index (χ2n) is 3.24. The number of nitrogens with one attached hydrogen (secondary N) is 1. The molecular weight excluding hydrogens is 226 g/mol. The van der Waals surface area contributed by atoms with Gasteiger partial charge in [-0.15, -0.1) is 10.2 Å². The number of nitrogens with zero attached hydrogens (tertiary/aromatic N) is 3. The number of aryl methyl sites for hydroxylation is 1. The van der Waals surface area contributed by atoms with Crippen molar-refractivity contribution in [3.8, 4) is 0 Å². The van der Waals surface area contributed by atoms with E-state index in [9.17, 15) is 4.79 Å². The van der Waals surface area contributed by atoms with Crippen LogP contribution < -0.4 is 16.8 Å². The van der Waals surface area contributed by atoms with Gasteiger partial charge in [0.05, 0.1) is 6.54 Å². The molecule has 0 aliphatic rings. The van der Waals surface area contributed by atoms with Crippen LogP contribution in [0.3, 0.4) is 0 Å². The van der Waals surface area contributed by atoms with Crippen LogP contribution in [0.4, 0.5) is 5.13 Å². The topological polar surface area (TPSA) is 85.8 Å². The zero-order valence-corrected chi connectivity index (χ0v) is 9.49. The van der Waals surface area contributed by atoms with Gasteiger partial charge >= 0.3 is 0 Å². The van der Waals surface area contributed by atoms with Crippen LogP contribution in [0.15, 0.2) is 23.0 Å². The van der Waals surface area contributed by atoms with E-state index in [1.807, 2.05) is 13.0 Å². The van der Waals surface area contributed by atoms with Crippen LogP contribution in [0, 0.1) is 6.92 Å². The first-order valence-corrected chi connectivity index (χ1v) is 5.48. The maximum atomic E-state index is 11.6. The number of nitrogen functional groups attached to an aromatic ring is 1. The summed E-state index contributed by atoms with van der Waals surface area (Å²) in [5.74, 6) is 5.21. The lowest BCUT2D eigenvalue weighted by Gasteiger charge is -2.05. The Morgan fingerprint density at radius 3 is 2.94 bits per heavy atom. The molecule has 0 atom stereocenters. The molecule has 0 saturated heterocycles. The molecule has 2 rings (SSSR count). The van der Waals surface area contributed by atoms with E-state index in [4.69, 9.17) is 5.84 Å². The van der Waals surface area contributed by atoms with Gasteiger partial charge in [0, 0.05) is 11.8 Å². The molecule has 0 aliphatic heterocycles. The fourth-order valence-corrected chi connectivity index (χ4v) is 1.98. The molecule has 0 aliphatic carbocycles. The van der Waals surface area contributed by atoms with Crippen LogP contribution in [0.1, 0.15) is 10.7 Å². The third-order valence-corrected chi connectivity index (χ3v) is 2.99. The lowest BCUT2D eigenvalue weighted by molar-refractivity contribution is 0.717. The molecule has 84 valence electrons. The van der Waals surface area contributed by atoms with E-state index < -0.39 is 0 Å². The maximum Gasteiger partial charge on any atom is 0.251 e. The number of hydrogen-bond acceptors (Lipinski definition) is 6. The van der Waals surface area contributed by atoms with Gasteiger partial charge in [-0.05, 0) is 13.0 Å². The van der Waals surface area contributed by atoms with Crippen LogP contribution >= 0.6 is 11.3 Å². The monoisotopic (exact) mass is 237 g/mol. The summed E-state index contributed by atoms with van der Waals surface area (Å²) in [5, 5.41) is 9.02. The van der Waals surface area contributed by atoms with Gasteiger partial charge in [-0.3, -0.25) is 10.2 Å². The van der Waals surface area contributed by atoms with Gasteiger partial charge in [0.25, 0.3) is 5.56 Å². The van der Waals surface area contributed by atoms with Gasteiger partial charge in [-0.25, -0.2) is 5.84 Å². The molecule has 0 saturated carbocycles. The van der Waals surface area contributed by atoms with Crippen molar-refractivity contribution in [1.29, 1.82) is 0 Å². The predicted octanol–water partition coefficient (Wildman–Crippen LogP) is 0.342. The first-order chi connectivity index (χ1) is 7.70. The van der Waals surface area contributed by atoms with Gasteiger partial charge in [0.2, 0.25) is 5.13 Å². The summed E-state index contributed by atoms with van der Waals surface area (Å²) in [6.45, 7) is 2.30. The number of hydrazine groups is 1. The van der Waals surface area contributed by atoms with Crippen LogP contribution in [-0.4, -0.2) is 14.8 Å². The Kier molecular flexibility index (Phi) is 2.97. The Morgan fingerprint density at radius 2 is 2.31 bits per heavy atom. The van der Waals surface area contributed by atoms with Crippen molar-refractivity contribution >= 4 is 16.5 Å². The van der Waals surface area contributed by atoms with E-state index >= 15 is 0 Å². The van der Waals surface area contributed by atoms with E-state index in [1.165, 1.54) is 17.4 Å². The summed E-state index contributed by atoms with van der Waals surface area (Å²) in [4.78, 5) is 11.6. The highest BCUT2D eigenvalue weighted by atomic mass is 32.1. The molecule has 0 spiro atoms. The molecule has 7 heteroatoms. The second kappa shape index (κ2) is 4.42. The molecule has 3 N–H and O–H groups in total. The Balaban J connectivity index is 2.30. The van der Waals surface area contributed by atoms with E-state index in [0.717, 1.165) is 10.7 Å². The van der Waals surface area contributed by atoms with Crippen molar-refractivity contribution < 1.29 is 0 Å². The predicted molar refractivity (Wildman–Crippen MR) is 62.3 cm³/mol. The molecule has 0 radical (unpaired) electrons. The minimum atomic E-state index is -0.0440. The molecule has 6 nitrogen and oxygen atoms in total. The fourth-order valence-electron chi connectivity index (χ4n) is 1.34. The maximum absolute atomic E-state index is 11.6. The highest BCUT2D eigenvalue weighted by Crippen LogP contribution is 2.14. The van der Waals surface area contributed by atoms with Gasteiger partial charge < -0.3 is 4.57 Å². The summed E-state index contributed by atoms with van der Waals surface area (Å²) in [6, 6.07) is 5.14. The Morgan fingerprint density at radius 1 is 1.50 bits per heavy atom. The highest BCUT2D eigenvalue weighted by Gasteiger charge is 2.06. The molecule has 0 unspecified atom stereocenters. The number of anilines is 1. The van der Waals surface area contributed by atoms with Crippen LogP contribution in [0.25, 0.3) is 0 Å². The van der Waals surface area contributed by atoms with Crippen molar-refractivity contribution in [2.75, 3.05) is 5.43 Å². The SMILES string of the molecule is Cc1cccc(=O)n1Cc1nnc(NN)s1. The van der Waals surface area contributed by atoms with E-state index in [1.54, 1.807) is 10.6 Å².